The van der Waals surface area contributed by atoms with Crippen LogP contribution in [0, 0.1) is 0 Å². The summed E-state index contributed by atoms with van der Waals surface area (Å²) in [6.07, 6.45) is 78.6. The molecule has 6 N–H and O–H groups in total. The molecule has 1 aliphatic heterocycles. The summed E-state index contributed by atoms with van der Waals surface area (Å²) in [6, 6.07) is -0.832. The number of unbranched alkanes of at least 4 members (excludes halogenated alkanes) is 40. The van der Waals surface area contributed by atoms with Crippen molar-refractivity contribution < 1.29 is 39.8 Å². The lowest BCUT2D eigenvalue weighted by atomic mass is 9.99. The quantitative estimate of drug-likeness (QED) is 0.0261. The van der Waals surface area contributed by atoms with E-state index in [4.69, 9.17) is 9.47 Å². The van der Waals surface area contributed by atoms with Gasteiger partial charge in [-0.2, -0.15) is 0 Å². The maximum atomic E-state index is 13.1. The number of nitrogens with one attached hydrogen (secondary N) is 1. The van der Waals surface area contributed by atoms with E-state index < -0.39 is 49.5 Å². The highest BCUT2D eigenvalue weighted by atomic mass is 16.7. The van der Waals surface area contributed by atoms with Gasteiger partial charge >= 0.3 is 0 Å². The Hall–Kier alpha value is -2.37. The third-order valence-electron chi connectivity index (χ3n) is 16.2. The molecule has 472 valence electrons. The van der Waals surface area contributed by atoms with Gasteiger partial charge in [0.1, 0.15) is 24.4 Å². The highest BCUT2D eigenvalue weighted by molar-refractivity contribution is 5.76. The van der Waals surface area contributed by atoms with Gasteiger partial charge in [0.15, 0.2) is 6.29 Å². The summed E-state index contributed by atoms with van der Waals surface area (Å²) in [7, 11) is 0. The lowest BCUT2D eigenvalue weighted by Gasteiger charge is -2.40. The predicted molar refractivity (Wildman–Crippen MR) is 345 cm³/mol. The van der Waals surface area contributed by atoms with Gasteiger partial charge in [-0.1, -0.05) is 305 Å². The Labute approximate surface area is 499 Å². The van der Waals surface area contributed by atoms with Gasteiger partial charge in [-0.15, -0.1) is 0 Å². The van der Waals surface area contributed by atoms with Crippen molar-refractivity contribution in [1.82, 2.24) is 5.32 Å². The lowest BCUT2D eigenvalue weighted by Crippen LogP contribution is -2.60. The van der Waals surface area contributed by atoms with Gasteiger partial charge in [-0.05, 0) is 83.5 Å². The zero-order chi connectivity index (χ0) is 58.6. The van der Waals surface area contributed by atoms with Crippen LogP contribution in [0.4, 0.5) is 0 Å². The summed E-state index contributed by atoms with van der Waals surface area (Å²) in [5, 5.41) is 54.7. The number of hydrogen-bond acceptors (Lipinski definition) is 8. The third kappa shape index (κ3) is 49.6. The minimum Gasteiger partial charge on any atom is -0.394 e. The van der Waals surface area contributed by atoms with E-state index in [0.717, 1.165) is 57.8 Å². The number of hydrogen-bond donors (Lipinski definition) is 6. The zero-order valence-electron chi connectivity index (χ0n) is 52.8. The van der Waals surface area contributed by atoms with Crippen LogP contribution < -0.4 is 5.32 Å². The minimum atomic E-state index is -1.58. The highest BCUT2D eigenvalue weighted by Gasteiger charge is 2.44. The Morgan fingerprint density at radius 2 is 0.741 bits per heavy atom. The van der Waals surface area contributed by atoms with Crippen molar-refractivity contribution in [3.63, 3.8) is 0 Å². The molecule has 1 rings (SSSR count). The monoisotopic (exact) mass is 1140 g/mol. The Balaban J connectivity index is 2.16. The molecule has 0 radical (unpaired) electrons. The van der Waals surface area contributed by atoms with Crippen molar-refractivity contribution in [2.45, 2.75) is 365 Å². The largest absolute Gasteiger partial charge is 0.394 e. The smallest absolute Gasteiger partial charge is 0.220 e. The number of amides is 1. The van der Waals surface area contributed by atoms with Crippen LogP contribution in [0.5, 0.6) is 0 Å². The Morgan fingerprint density at radius 1 is 0.420 bits per heavy atom. The molecule has 0 spiro atoms. The van der Waals surface area contributed by atoms with E-state index in [1.807, 2.05) is 6.08 Å². The number of aliphatic hydroxyl groups excluding tert-OH is 5. The Kier molecular flexibility index (Phi) is 57.5. The van der Waals surface area contributed by atoms with Crippen LogP contribution in [-0.4, -0.2) is 87.5 Å². The number of aliphatic hydroxyl groups is 5. The van der Waals surface area contributed by atoms with Gasteiger partial charge in [-0.3, -0.25) is 4.79 Å². The van der Waals surface area contributed by atoms with Gasteiger partial charge in [0.05, 0.1) is 25.4 Å². The van der Waals surface area contributed by atoms with E-state index in [-0.39, 0.29) is 12.5 Å². The normalized spacial score (nSPS) is 18.8. The van der Waals surface area contributed by atoms with Crippen molar-refractivity contribution >= 4 is 5.91 Å². The molecule has 1 saturated heterocycles. The van der Waals surface area contributed by atoms with E-state index in [2.05, 4.69) is 79.9 Å². The van der Waals surface area contributed by atoms with Crippen molar-refractivity contribution in [3.8, 4) is 0 Å². The summed E-state index contributed by atoms with van der Waals surface area (Å²) in [4.78, 5) is 13.1. The van der Waals surface area contributed by atoms with Crippen LogP contribution in [0.2, 0.25) is 0 Å². The van der Waals surface area contributed by atoms with Crippen molar-refractivity contribution in [3.05, 3.63) is 72.9 Å². The summed E-state index contributed by atoms with van der Waals surface area (Å²) >= 11 is 0. The molecule has 0 aliphatic carbocycles. The predicted octanol–water partition coefficient (Wildman–Crippen LogP) is 18.8. The number of carbonyl (C=O) groups excluding carboxylic acids is 1. The minimum absolute atomic E-state index is 0.188. The second-order valence-corrected chi connectivity index (χ2v) is 24.0. The van der Waals surface area contributed by atoms with Crippen LogP contribution in [-0.2, 0) is 14.3 Å². The molecule has 7 atom stereocenters. The second-order valence-electron chi connectivity index (χ2n) is 24.0. The van der Waals surface area contributed by atoms with E-state index >= 15 is 0 Å². The third-order valence-corrected chi connectivity index (χ3v) is 16.2. The zero-order valence-corrected chi connectivity index (χ0v) is 52.8. The fraction of sp³-hybridized carbons (Fsp3) is 0.819. The molecule has 1 heterocycles. The maximum absolute atomic E-state index is 13.1. The summed E-state index contributed by atoms with van der Waals surface area (Å²) in [6.45, 7) is 3.78. The first-order valence-electron chi connectivity index (χ1n) is 34.7. The molecule has 7 unspecified atom stereocenters. The molecule has 1 amide bonds. The van der Waals surface area contributed by atoms with Gasteiger partial charge < -0.3 is 40.3 Å². The Morgan fingerprint density at radius 3 is 1.12 bits per heavy atom. The van der Waals surface area contributed by atoms with Gasteiger partial charge in [-0.25, -0.2) is 0 Å². The van der Waals surface area contributed by atoms with Gasteiger partial charge in [0.2, 0.25) is 5.91 Å². The summed E-state index contributed by atoms with van der Waals surface area (Å²) in [5.74, 6) is -0.188. The van der Waals surface area contributed by atoms with Crippen LogP contribution in [0.25, 0.3) is 0 Å². The second kappa shape index (κ2) is 60.7. The van der Waals surface area contributed by atoms with Crippen molar-refractivity contribution in [2.24, 2.45) is 0 Å². The Bertz CT molecular complexity index is 1510. The fourth-order valence-corrected chi connectivity index (χ4v) is 10.8. The summed E-state index contributed by atoms with van der Waals surface area (Å²) in [5.41, 5.74) is 0. The van der Waals surface area contributed by atoms with Crippen molar-refractivity contribution in [1.29, 1.82) is 0 Å². The highest BCUT2D eigenvalue weighted by Crippen LogP contribution is 2.23. The number of carbonyl (C=O) groups is 1. The number of rotatable bonds is 60. The number of allylic oxidation sites excluding steroid dienone is 11. The molecule has 0 bridgehead atoms. The van der Waals surface area contributed by atoms with Crippen LogP contribution >= 0.6 is 0 Å². The topological polar surface area (TPSA) is 149 Å². The molecule has 81 heavy (non-hydrogen) atoms. The molecule has 1 fully saturated rings. The van der Waals surface area contributed by atoms with Crippen LogP contribution in [0.1, 0.15) is 322 Å². The lowest BCUT2D eigenvalue weighted by molar-refractivity contribution is -0.302. The molecule has 0 aromatic carbocycles. The molecule has 0 aromatic rings. The van der Waals surface area contributed by atoms with Gasteiger partial charge in [0, 0.05) is 6.42 Å². The van der Waals surface area contributed by atoms with E-state index in [0.29, 0.717) is 6.42 Å². The number of ether oxygens (including phenoxy) is 2. The van der Waals surface area contributed by atoms with Crippen LogP contribution in [0.3, 0.4) is 0 Å². The standard InChI is InChI=1S/C72H131NO8/c1-3-5-7-9-11-13-15-17-19-21-23-25-27-29-30-31-32-33-34-35-36-38-40-42-44-46-48-50-52-54-56-58-60-62-68(76)73-65(64-80-72-71(79)70(78)69(77)67(63-74)81-72)66(75)61-59-57-55-53-51-49-47-45-43-41-39-37-28-26-24-22-20-18-16-14-12-10-8-6-4-2/h15,17,21,23,27,29,43,45,51,53,59,61,65-67,69-72,74-75,77-79H,3-14,16,18-20,22,24-26,28,30-42,44,46-50,52,54-58,60,62-64H2,1-2H3,(H,73,76)/b17-15-,23-21-,29-27-,45-43+,53-51+,61-59+. The van der Waals surface area contributed by atoms with Crippen molar-refractivity contribution in [2.75, 3.05) is 13.2 Å². The molecule has 0 saturated carbocycles. The fourth-order valence-electron chi connectivity index (χ4n) is 10.8. The van der Waals surface area contributed by atoms with E-state index in [1.165, 1.54) is 244 Å². The first kappa shape index (κ1) is 76.6. The average molecular weight is 1140 g/mol. The van der Waals surface area contributed by atoms with Gasteiger partial charge in [0.25, 0.3) is 0 Å². The molecule has 1 aliphatic rings. The first-order chi connectivity index (χ1) is 39.8. The van der Waals surface area contributed by atoms with Crippen LogP contribution in [0.15, 0.2) is 72.9 Å². The average Bonchev–Trinajstić information content (AvgIpc) is 3.50. The van der Waals surface area contributed by atoms with E-state index in [9.17, 15) is 30.3 Å². The molecule has 9 heteroatoms. The first-order valence-corrected chi connectivity index (χ1v) is 34.7. The SMILES string of the molecule is CCCCCCC/C=C\C/C=C\C/C=C\CCCCCCCCCCCCCCCCCCCCC(=O)NC(COC1OC(CO)C(O)C(O)C1O)C(O)/C=C/CC/C=C/CC/C=C/CCCCCCCCCCCCCCCCC. The maximum Gasteiger partial charge on any atom is 0.220 e. The molecule has 0 aromatic heterocycles. The molecule has 9 nitrogen and oxygen atoms in total. The summed E-state index contributed by atoms with van der Waals surface area (Å²) < 4.78 is 11.3. The molecular formula is C72H131NO8. The molecular weight excluding hydrogens is 1010 g/mol. The van der Waals surface area contributed by atoms with E-state index in [1.54, 1.807) is 6.08 Å².